The Morgan fingerprint density at radius 3 is 1.21 bits per heavy atom. The van der Waals surface area contributed by atoms with Gasteiger partial charge in [0.25, 0.3) is 0 Å². The molecule has 3 fully saturated rings. The molecule has 25 heteroatoms. The van der Waals surface area contributed by atoms with Crippen molar-refractivity contribution in [1.29, 1.82) is 0 Å². The van der Waals surface area contributed by atoms with Crippen LogP contribution in [0, 0.1) is 0 Å². The molecule has 2 heterocycles. The van der Waals surface area contributed by atoms with E-state index in [0.717, 1.165) is 96.0 Å². The molecule has 0 aromatic carbocycles. The van der Waals surface area contributed by atoms with E-state index >= 15 is 0 Å². The van der Waals surface area contributed by atoms with Crippen molar-refractivity contribution >= 4 is 25.7 Å². The Kier molecular flexibility index (Phi) is 48.7. The zero-order valence-corrected chi connectivity index (χ0v) is 59.3. The summed E-state index contributed by atoms with van der Waals surface area (Å²) in [5.41, 5.74) is 0. The summed E-state index contributed by atoms with van der Waals surface area (Å²) in [6, 6.07) is 0. The van der Waals surface area contributed by atoms with Crippen molar-refractivity contribution in [3.8, 4) is 0 Å². The van der Waals surface area contributed by atoms with Crippen LogP contribution in [0.5, 0.6) is 0 Å². The van der Waals surface area contributed by atoms with Gasteiger partial charge in [-0.05, 0) is 25.7 Å². The average Bonchev–Trinajstić information content (AvgIpc) is 0.765. The molecule has 562 valence electrons. The molecule has 1 aliphatic carbocycles. The predicted molar refractivity (Wildman–Crippen MR) is 361 cm³/mol. The van der Waals surface area contributed by atoms with Crippen molar-refractivity contribution < 1.29 is 117 Å². The number of phosphoric acid groups is 1. The number of ether oxygens (including phenoxy) is 7. The van der Waals surface area contributed by atoms with E-state index in [1.165, 1.54) is 147 Å². The molecular weight excluding hydrogens is 1270 g/mol. The first-order chi connectivity index (χ1) is 46.3. The van der Waals surface area contributed by atoms with Crippen LogP contribution in [0.4, 0.5) is 0 Å². The second-order valence-corrected chi connectivity index (χ2v) is 28.1. The summed E-state index contributed by atoms with van der Waals surface area (Å²) in [7, 11) is -5.72. The summed E-state index contributed by atoms with van der Waals surface area (Å²) < 4.78 is 64.7. The minimum atomic E-state index is -5.72. The molecule has 2 saturated heterocycles. The van der Waals surface area contributed by atoms with Gasteiger partial charge in [0.15, 0.2) is 18.7 Å². The molecule has 3 aliphatic rings. The summed E-state index contributed by atoms with van der Waals surface area (Å²) in [4.78, 5) is 50.8. The summed E-state index contributed by atoms with van der Waals surface area (Å²) in [5, 5.41) is 110. The number of hydrogen-bond donors (Lipinski definition) is 11. The Balaban J connectivity index is 1.76. The highest BCUT2D eigenvalue weighted by molar-refractivity contribution is 7.47. The first kappa shape index (κ1) is 87.7. The third kappa shape index (κ3) is 36.4. The molecule has 0 bridgehead atoms. The van der Waals surface area contributed by atoms with Crippen LogP contribution in [0.2, 0.25) is 0 Å². The van der Waals surface area contributed by atoms with Crippen molar-refractivity contribution in [1.82, 2.24) is 0 Å². The van der Waals surface area contributed by atoms with Gasteiger partial charge in [0, 0.05) is 18.9 Å². The Bertz CT molecular complexity index is 2090. The molecule has 18 unspecified atom stereocenters. The number of aliphatic hydroxyl groups excluding tert-OH is 10. The van der Waals surface area contributed by atoms with Gasteiger partial charge in [-0.25, -0.2) is 9.36 Å². The van der Waals surface area contributed by atoms with E-state index < -0.39 is 156 Å². The van der Waals surface area contributed by atoms with Crippen LogP contribution < -0.4 is 0 Å². The third-order valence-electron chi connectivity index (χ3n) is 18.3. The maximum atomic E-state index is 14.3. The summed E-state index contributed by atoms with van der Waals surface area (Å²) in [6.45, 7) is 3.33. The monoisotopic (exact) mass is 1400 g/mol. The second kappa shape index (κ2) is 53.3. The molecule has 0 aromatic rings. The molecule has 0 aromatic heterocycles. The van der Waals surface area contributed by atoms with E-state index in [1.54, 1.807) is 6.08 Å². The molecule has 11 N–H and O–H groups in total. The van der Waals surface area contributed by atoms with Gasteiger partial charge in [0.05, 0.1) is 13.2 Å². The fraction of sp³-hybridized carbons (Fsp3) is 0.901. The van der Waals surface area contributed by atoms with E-state index in [-0.39, 0.29) is 12.8 Å². The first-order valence-electron chi connectivity index (χ1n) is 37.2. The van der Waals surface area contributed by atoms with Crippen molar-refractivity contribution in [2.75, 3.05) is 26.4 Å². The fourth-order valence-electron chi connectivity index (χ4n) is 12.3. The Morgan fingerprint density at radius 2 is 0.792 bits per heavy atom. The minimum Gasteiger partial charge on any atom is -0.463 e. The largest absolute Gasteiger partial charge is 0.472 e. The Morgan fingerprint density at radius 1 is 0.427 bits per heavy atom. The number of phosphoric ester groups is 1. The van der Waals surface area contributed by atoms with Gasteiger partial charge >= 0.3 is 25.7 Å². The maximum absolute atomic E-state index is 14.3. The first-order valence-corrected chi connectivity index (χ1v) is 38.7. The number of unbranched alkanes of at least 4 members (excludes halogenated alkanes) is 35. The molecule has 2 aliphatic heterocycles. The third-order valence-corrected chi connectivity index (χ3v) is 19.3. The number of allylic oxidation sites excluding steroid dienone is 3. The van der Waals surface area contributed by atoms with Crippen molar-refractivity contribution in [3.05, 3.63) is 24.3 Å². The maximum Gasteiger partial charge on any atom is 0.472 e. The van der Waals surface area contributed by atoms with E-state index in [4.69, 9.17) is 42.2 Å². The van der Waals surface area contributed by atoms with Crippen LogP contribution in [-0.2, 0) is 61.2 Å². The van der Waals surface area contributed by atoms with E-state index in [2.05, 4.69) is 20.8 Å². The molecule has 1 saturated carbocycles. The fourth-order valence-corrected chi connectivity index (χ4v) is 13.2. The van der Waals surface area contributed by atoms with Crippen LogP contribution in [-0.4, -0.2) is 204 Å². The molecule has 96 heavy (non-hydrogen) atoms. The molecular formula is C71H129O24P. The van der Waals surface area contributed by atoms with Gasteiger partial charge in [-0.1, -0.05) is 257 Å². The lowest BCUT2D eigenvalue weighted by Crippen LogP contribution is -2.69. The van der Waals surface area contributed by atoms with Gasteiger partial charge in [-0.3, -0.25) is 18.6 Å². The molecule has 3 rings (SSSR count). The number of hydrogen-bond acceptors (Lipinski definition) is 23. The van der Waals surface area contributed by atoms with Gasteiger partial charge in [-0.15, -0.1) is 0 Å². The van der Waals surface area contributed by atoms with Crippen LogP contribution >= 0.6 is 7.82 Å². The minimum absolute atomic E-state index is 0.0275. The lowest BCUT2D eigenvalue weighted by Gasteiger charge is -2.49. The normalized spacial score (nSPS) is 28.1. The van der Waals surface area contributed by atoms with Crippen molar-refractivity contribution in [2.45, 2.75) is 382 Å². The number of rotatable bonds is 57. The molecule has 18 atom stereocenters. The lowest BCUT2D eigenvalue weighted by atomic mass is 9.84. The van der Waals surface area contributed by atoms with E-state index in [1.807, 2.05) is 6.08 Å². The standard InChI is InChI=1S/C71H129O24P/c1-4-7-10-13-16-19-22-24-26-28-31-34-36-39-42-45-55(73)87-49-52(90-57(75)47-44-41-38-35-32-29-27-25-23-20-17-14-11-8-5-2)50-89-96(85,86)95-69-67(93-70-65(83)60(78)58(76)53(48-72)91-70)63(81)62(80)64(82)68(69)94-71-66(84)61(79)59(77)54(92-71)51-88-56(74)46-43-40-37-33-30-21-18-15-12-9-6-3/h38,41,44,47,52-54,58-72,76-84H,4-37,39-40,42-43,45-46,48-51H2,1-3H3,(H,85,86)/b41-38+,47-44+. The number of aliphatic hydroxyl groups is 10. The quantitative estimate of drug-likeness (QED) is 0.00673. The Labute approximate surface area is 573 Å². The van der Waals surface area contributed by atoms with Crippen molar-refractivity contribution in [2.24, 2.45) is 0 Å². The van der Waals surface area contributed by atoms with Crippen molar-refractivity contribution in [3.63, 3.8) is 0 Å². The number of carbonyl (C=O) groups is 3. The van der Waals surface area contributed by atoms with Gasteiger partial charge in [0.1, 0.15) is 98.7 Å². The topological polar surface area (TPSA) is 374 Å². The summed E-state index contributed by atoms with van der Waals surface area (Å²) in [6.07, 6.45) is 13.3. The molecule has 0 amide bonds. The van der Waals surface area contributed by atoms with Gasteiger partial charge in [0.2, 0.25) is 0 Å². The molecule has 0 spiro atoms. The average molecular weight is 1400 g/mol. The lowest BCUT2D eigenvalue weighted by molar-refractivity contribution is -0.360. The number of esters is 3. The SMILES string of the molecule is CCCCCCCCCCCCC/C=C/C=C/C(=O)OC(COC(=O)CCCCCCCCCCCCCCCCC)COP(=O)(O)OC1C(OC2OC(CO)C(O)C(O)C2O)C(O)C(O)C(O)C1OC1OC(COC(=O)CCCCCCCCCCCCC)C(O)C(O)C1O. The predicted octanol–water partition coefficient (Wildman–Crippen LogP) is 9.74. The molecule has 0 radical (unpaired) electrons. The number of carbonyl (C=O) groups excluding carboxylic acids is 3. The smallest absolute Gasteiger partial charge is 0.463 e. The Hall–Kier alpha value is -2.56. The van der Waals surface area contributed by atoms with Crippen LogP contribution in [0.25, 0.3) is 0 Å². The summed E-state index contributed by atoms with van der Waals surface area (Å²) >= 11 is 0. The molecule has 24 nitrogen and oxygen atoms in total. The van der Waals surface area contributed by atoms with Crippen LogP contribution in [0.15, 0.2) is 24.3 Å². The van der Waals surface area contributed by atoms with Crippen LogP contribution in [0.1, 0.15) is 278 Å². The van der Waals surface area contributed by atoms with Gasteiger partial charge < -0.3 is 89.1 Å². The van der Waals surface area contributed by atoms with E-state index in [0.29, 0.717) is 12.8 Å². The zero-order valence-electron chi connectivity index (χ0n) is 58.4. The highest BCUT2D eigenvalue weighted by Crippen LogP contribution is 2.49. The van der Waals surface area contributed by atoms with E-state index in [9.17, 15) is 74.9 Å². The van der Waals surface area contributed by atoms with Gasteiger partial charge in [-0.2, -0.15) is 0 Å². The highest BCUT2D eigenvalue weighted by Gasteiger charge is 2.58. The highest BCUT2D eigenvalue weighted by atomic mass is 31.2. The zero-order chi connectivity index (χ0) is 70.4. The van der Waals surface area contributed by atoms with Crippen LogP contribution in [0.3, 0.4) is 0 Å². The summed E-state index contributed by atoms with van der Waals surface area (Å²) in [5.74, 6) is -2.24. The second-order valence-electron chi connectivity index (χ2n) is 26.7.